The zero-order chi connectivity index (χ0) is 15.0. The van der Waals surface area contributed by atoms with Crippen LogP contribution in [0.1, 0.15) is 0 Å². The topological polar surface area (TPSA) is 51.8 Å². The molecule has 0 aliphatic heterocycles. The molecule has 2 aromatic heterocycles. The molecule has 0 aliphatic carbocycles. The van der Waals surface area contributed by atoms with Gasteiger partial charge >= 0.3 is 0 Å². The lowest BCUT2D eigenvalue weighted by Gasteiger charge is -2.08. The smallest absolute Gasteiger partial charge is 0.142 e. The summed E-state index contributed by atoms with van der Waals surface area (Å²) in [6.07, 6.45) is 3.19. The Balaban J connectivity index is 2.11. The van der Waals surface area contributed by atoms with Gasteiger partial charge < -0.3 is 5.73 Å². The molecule has 2 heterocycles. The van der Waals surface area contributed by atoms with Crippen molar-refractivity contribution < 1.29 is 8.78 Å². The van der Waals surface area contributed by atoms with Gasteiger partial charge in [0.15, 0.2) is 0 Å². The molecule has 106 valence electrons. The molecule has 2 N–H and O–H groups in total. The minimum atomic E-state index is -0.695. The minimum Gasteiger partial charge on any atom is -0.399 e. The highest BCUT2D eigenvalue weighted by Gasteiger charge is 2.14. The van der Waals surface area contributed by atoms with Crippen molar-refractivity contribution in [3.63, 3.8) is 0 Å². The van der Waals surface area contributed by atoms with Crippen molar-refractivity contribution in [2.24, 2.45) is 0 Å². The van der Waals surface area contributed by atoms with E-state index in [1.807, 2.05) is 0 Å². The molecular formula is C14H8BrF2N3S. The maximum absolute atomic E-state index is 13.9. The predicted octanol–water partition coefficient (Wildman–Crippen LogP) is 4.40. The van der Waals surface area contributed by atoms with Crippen LogP contribution in [0.3, 0.4) is 0 Å². The van der Waals surface area contributed by atoms with Crippen molar-refractivity contribution in [1.29, 1.82) is 0 Å². The highest BCUT2D eigenvalue weighted by Crippen LogP contribution is 2.36. The Morgan fingerprint density at radius 1 is 1.10 bits per heavy atom. The normalized spacial score (nSPS) is 11.0. The first kappa shape index (κ1) is 14.2. The fourth-order valence-corrected chi connectivity index (χ4v) is 3.09. The molecule has 0 amide bonds. The number of benzene rings is 1. The molecule has 0 atom stereocenters. The van der Waals surface area contributed by atoms with E-state index in [4.69, 9.17) is 5.73 Å². The summed E-state index contributed by atoms with van der Waals surface area (Å²) in [6, 6.07) is 5.66. The Labute approximate surface area is 131 Å². The summed E-state index contributed by atoms with van der Waals surface area (Å²) in [4.78, 5) is 8.95. The molecule has 3 nitrogen and oxygen atoms in total. The highest BCUT2D eigenvalue weighted by atomic mass is 79.9. The van der Waals surface area contributed by atoms with E-state index in [-0.39, 0.29) is 10.6 Å². The zero-order valence-electron chi connectivity index (χ0n) is 10.5. The first-order valence-corrected chi connectivity index (χ1v) is 7.48. The third kappa shape index (κ3) is 2.84. The molecule has 7 heteroatoms. The van der Waals surface area contributed by atoms with E-state index in [1.165, 1.54) is 0 Å². The second kappa shape index (κ2) is 5.57. The summed E-state index contributed by atoms with van der Waals surface area (Å²) < 4.78 is 28.5. The van der Waals surface area contributed by atoms with Crippen LogP contribution in [0.25, 0.3) is 11.0 Å². The van der Waals surface area contributed by atoms with Crippen LogP contribution in [0.15, 0.2) is 50.9 Å². The quantitative estimate of drug-likeness (QED) is 0.681. The van der Waals surface area contributed by atoms with Crippen LogP contribution in [0, 0.1) is 11.6 Å². The van der Waals surface area contributed by atoms with Crippen LogP contribution in [-0.2, 0) is 0 Å². The number of hydrogen-bond acceptors (Lipinski definition) is 4. The number of aromatic nitrogens is 2. The van der Waals surface area contributed by atoms with E-state index >= 15 is 0 Å². The SMILES string of the molecule is Nc1cc(F)c(Sc2ccnc3cc(Br)cnc23)c(F)c1. The number of nitrogen functional groups attached to an aromatic ring is 1. The van der Waals surface area contributed by atoms with Crippen LogP contribution in [0.2, 0.25) is 0 Å². The number of nitrogens with zero attached hydrogens (tertiary/aromatic N) is 2. The van der Waals surface area contributed by atoms with Crippen LogP contribution < -0.4 is 5.73 Å². The van der Waals surface area contributed by atoms with Gasteiger partial charge in [0.25, 0.3) is 0 Å². The molecule has 1 aromatic carbocycles. The molecule has 0 unspecified atom stereocenters. The molecular weight excluding hydrogens is 360 g/mol. The van der Waals surface area contributed by atoms with E-state index in [2.05, 4.69) is 25.9 Å². The summed E-state index contributed by atoms with van der Waals surface area (Å²) in [5.74, 6) is -1.39. The summed E-state index contributed by atoms with van der Waals surface area (Å²) >= 11 is 4.27. The second-order valence-electron chi connectivity index (χ2n) is 4.25. The Bertz CT molecular complexity index is 819. The molecule has 0 bridgehead atoms. The summed E-state index contributed by atoms with van der Waals surface area (Å²) in [5, 5.41) is 0. The first-order valence-electron chi connectivity index (χ1n) is 5.87. The fraction of sp³-hybridized carbons (Fsp3) is 0. The highest BCUT2D eigenvalue weighted by molar-refractivity contribution is 9.10. The van der Waals surface area contributed by atoms with E-state index < -0.39 is 11.6 Å². The van der Waals surface area contributed by atoms with E-state index in [9.17, 15) is 8.78 Å². The second-order valence-corrected chi connectivity index (χ2v) is 6.21. The zero-order valence-corrected chi connectivity index (χ0v) is 12.9. The third-order valence-corrected chi connectivity index (χ3v) is 4.32. The van der Waals surface area contributed by atoms with Crippen molar-refractivity contribution in [3.8, 4) is 0 Å². The van der Waals surface area contributed by atoms with Crippen molar-refractivity contribution in [2.75, 3.05) is 5.73 Å². The maximum atomic E-state index is 13.9. The van der Waals surface area contributed by atoms with Gasteiger partial charge in [-0.3, -0.25) is 9.97 Å². The molecule has 3 rings (SSSR count). The van der Waals surface area contributed by atoms with Gasteiger partial charge in [-0.25, -0.2) is 8.78 Å². The van der Waals surface area contributed by atoms with Crippen LogP contribution in [0.4, 0.5) is 14.5 Å². The average Bonchev–Trinajstić information content (AvgIpc) is 2.42. The third-order valence-electron chi connectivity index (χ3n) is 2.74. The number of nitrogens with two attached hydrogens (primary N) is 1. The van der Waals surface area contributed by atoms with Crippen molar-refractivity contribution in [2.45, 2.75) is 9.79 Å². The lowest BCUT2D eigenvalue weighted by atomic mass is 10.3. The molecule has 0 aliphatic rings. The molecule has 0 fully saturated rings. The lowest BCUT2D eigenvalue weighted by molar-refractivity contribution is 0.542. The molecule has 0 saturated heterocycles. The number of rotatable bonds is 2. The number of fused-ring (bicyclic) bond motifs is 1. The Hall–Kier alpha value is -1.73. The van der Waals surface area contributed by atoms with Crippen molar-refractivity contribution in [1.82, 2.24) is 9.97 Å². The number of pyridine rings is 2. The van der Waals surface area contributed by atoms with Gasteiger partial charge in [-0.2, -0.15) is 0 Å². The van der Waals surface area contributed by atoms with Crippen molar-refractivity contribution in [3.05, 3.63) is 52.8 Å². The van der Waals surface area contributed by atoms with Gasteiger partial charge in [0.2, 0.25) is 0 Å². The minimum absolute atomic E-state index is 0.0518. The monoisotopic (exact) mass is 367 g/mol. The number of hydrogen-bond donors (Lipinski definition) is 1. The molecule has 21 heavy (non-hydrogen) atoms. The Morgan fingerprint density at radius 2 is 1.81 bits per heavy atom. The van der Waals surface area contributed by atoms with Crippen molar-refractivity contribution >= 4 is 44.4 Å². The largest absolute Gasteiger partial charge is 0.399 e. The maximum Gasteiger partial charge on any atom is 0.142 e. The standard InChI is InChI=1S/C14H8BrF2N3S/c15-7-3-11-13(20-6-7)12(1-2-19-11)21-14-9(16)4-8(18)5-10(14)17/h1-6H,18H2. The summed E-state index contributed by atoms with van der Waals surface area (Å²) in [7, 11) is 0. The van der Waals surface area contributed by atoms with Gasteiger partial charge in [-0.05, 0) is 40.2 Å². The Kier molecular flexibility index (Phi) is 3.77. The van der Waals surface area contributed by atoms with Gasteiger partial charge in [0.05, 0.1) is 10.4 Å². The van der Waals surface area contributed by atoms with Gasteiger partial charge in [0.1, 0.15) is 17.2 Å². The molecule has 0 spiro atoms. The molecule has 0 radical (unpaired) electrons. The fourth-order valence-electron chi connectivity index (χ4n) is 1.85. The van der Waals surface area contributed by atoms with E-state index in [1.54, 1.807) is 24.5 Å². The molecule has 3 aromatic rings. The number of halogens is 3. The van der Waals surface area contributed by atoms with Crippen LogP contribution in [0.5, 0.6) is 0 Å². The van der Waals surface area contributed by atoms with Gasteiger partial charge in [-0.15, -0.1) is 0 Å². The summed E-state index contributed by atoms with van der Waals surface area (Å²) in [6.45, 7) is 0. The Morgan fingerprint density at radius 3 is 2.52 bits per heavy atom. The van der Waals surface area contributed by atoms with Crippen LogP contribution >= 0.6 is 27.7 Å². The first-order chi connectivity index (χ1) is 10.0. The number of anilines is 1. The van der Waals surface area contributed by atoms with Gasteiger partial charge in [-0.1, -0.05) is 11.8 Å². The van der Waals surface area contributed by atoms with E-state index in [0.29, 0.717) is 15.9 Å². The molecule has 0 saturated carbocycles. The van der Waals surface area contributed by atoms with Crippen LogP contribution in [-0.4, -0.2) is 9.97 Å². The lowest BCUT2D eigenvalue weighted by Crippen LogP contribution is -1.94. The van der Waals surface area contributed by atoms with E-state index in [0.717, 1.165) is 28.4 Å². The average molecular weight is 368 g/mol. The predicted molar refractivity (Wildman–Crippen MR) is 82.1 cm³/mol. The summed E-state index contributed by atoms with van der Waals surface area (Å²) in [5.41, 5.74) is 6.69. The van der Waals surface area contributed by atoms with Gasteiger partial charge in [0, 0.05) is 27.4 Å².